The number of hydrogen-bond acceptors (Lipinski definition) is 6. The highest BCUT2D eigenvalue weighted by Crippen LogP contribution is 2.34. The molecule has 3 aromatic carbocycles. The summed E-state index contributed by atoms with van der Waals surface area (Å²) in [7, 11) is 0. The highest BCUT2D eigenvalue weighted by molar-refractivity contribution is 8.00. The van der Waals surface area contributed by atoms with Crippen molar-refractivity contribution >= 4 is 35.4 Å². The molecule has 7 nitrogen and oxygen atoms in total. The summed E-state index contributed by atoms with van der Waals surface area (Å²) in [5.74, 6) is -0.270. The van der Waals surface area contributed by atoms with Crippen LogP contribution in [0, 0.1) is 0 Å². The standard InChI is InChI=1S/C31H32N4O3S/c36-29-13-12-28(30(37)32-29)35-20-24-18-23(8-11-27(24)31(35)38)22-14-16-34(17-15-22)19-21-6-9-26(10-7-21)39-33-25-4-2-1-3-5-25/h1-11,18,22,28,33H,12-17,19-20H2,(H,32,36,37). The van der Waals surface area contributed by atoms with E-state index in [-0.39, 0.29) is 24.1 Å². The number of rotatable bonds is 7. The fourth-order valence-corrected chi connectivity index (χ4v) is 6.46. The summed E-state index contributed by atoms with van der Waals surface area (Å²) in [6, 6.07) is 24.6. The molecule has 3 aliphatic heterocycles. The maximum atomic E-state index is 13.0. The van der Waals surface area contributed by atoms with Crippen LogP contribution in [-0.4, -0.2) is 46.7 Å². The van der Waals surface area contributed by atoms with Crippen molar-refractivity contribution in [2.24, 2.45) is 0 Å². The van der Waals surface area contributed by atoms with Crippen molar-refractivity contribution in [2.75, 3.05) is 17.8 Å². The van der Waals surface area contributed by atoms with Gasteiger partial charge in [0.2, 0.25) is 11.8 Å². The lowest BCUT2D eigenvalue weighted by Crippen LogP contribution is -2.52. The zero-order valence-electron chi connectivity index (χ0n) is 21.8. The van der Waals surface area contributed by atoms with Crippen LogP contribution < -0.4 is 10.0 Å². The summed E-state index contributed by atoms with van der Waals surface area (Å²) in [5, 5.41) is 2.37. The summed E-state index contributed by atoms with van der Waals surface area (Å²) < 4.78 is 3.38. The van der Waals surface area contributed by atoms with Crippen LogP contribution in [0.4, 0.5) is 5.69 Å². The first-order chi connectivity index (χ1) is 19.0. The van der Waals surface area contributed by atoms with E-state index in [0.717, 1.165) is 43.7 Å². The molecule has 0 aliphatic carbocycles. The molecule has 3 heterocycles. The van der Waals surface area contributed by atoms with Crippen LogP contribution in [-0.2, 0) is 22.7 Å². The molecule has 0 spiro atoms. The van der Waals surface area contributed by atoms with Crippen molar-refractivity contribution in [3.63, 3.8) is 0 Å². The Hall–Kier alpha value is -3.62. The van der Waals surface area contributed by atoms with Gasteiger partial charge in [0.05, 0.1) is 0 Å². The second-order valence-electron chi connectivity index (χ2n) is 10.6. The monoisotopic (exact) mass is 540 g/mol. The molecular weight excluding hydrogens is 508 g/mol. The smallest absolute Gasteiger partial charge is 0.255 e. The van der Waals surface area contributed by atoms with Gasteiger partial charge in [0.1, 0.15) is 6.04 Å². The summed E-state index contributed by atoms with van der Waals surface area (Å²) in [6.07, 6.45) is 2.83. The van der Waals surface area contributed by atoms with Crippen molar-refractivity contribution < 1.29 is 14.4 Å². The molecule has 0 bridgehead atoms. The molecule has 3 aromatic rings. The van der Waals surface area contributed by atoms with E-state index in [2.05, 4.69) is 63.5 Å². The van der Waals surface area contributed by atoms with Crippen LogP contribution >= 0.6 is 11.9 Å². The first-order valence-corrected chi connectivity index (χ1v) is 14.4. The molecule has 2 fully saturated rings. The van der Waals surface area contributed by atoms with Crippen LogP contribution in [0.1, 0.15) is 58.6 Å². The minimum atomic E-state index is -0.568. The lowest BCUT2D eigenvalue weighted by molar-refractivity contribution is -0.136. The van der Waals surface area contributed by atoms with Gasteiger partial charge in [-0.3, -0.25) is 24.6 Å². The minimum absolute atomic E-state index is 0.110. The van der Waals surface area contributed by atoms with Crippen molar-refractivity contribution in [1.29, 1.82) is 0 Å². The Morgan fingerprint density at radius 2 is 1.67 bits per heavy atom. The molecule has 39 heavy (non-hydrogen) atoms. The lowest BCUT2D eigenvalue weighted by Gasteiger charge is -2.32. The quantitative estimate of drug-likeness (QED) is 0.326. The van der Waals surface area contributed by atoms with Gasteiger partial charge < -0.3 is 9.62 Å². The largest absolute Gasteiger partial charge is 0.326 e. The zero-order chi connectivity index (χ0) is 26.8. The SMILES string of the molecule is O=C1CCC(N2Cc3cc(C4CCN(Cc5ccc(SNc6ccccc6)cc5)CC4)ccc3C2=O)C(=O)N1. The van der Waals surface area contributed by atoms with Crippen molar-refractivity contribution in [1.82, 2.24) is 15.1 Å². The van der Waals surface area contributed by atoms with Gasteiger partial charge in [0.25, 0.3) is 5.91 Å². The second-order valence-corrected chi connectivity index (χ2v) is 11.5. The molecule has 0 saturated carbocycles. The maximum absolute atomic E-state index is 13.0. The number of anilines is 1. The Kier molecular flexibility index (Phi) is 7.39. The van der Waals surface area contributed by atoms with Gasteiger partial charge in [0, 0.05) is 35.7 Å². The van der Waals surface area contributed by atoms with Gasteiger partial charge in [-0.05, 0) is 97.2 Å². The third-order valence-corrected chi connectivity index (χ3v) is 8.84. The van der Waals surface area contributed by atoms with E-state index in [1.165, 1.54) is 16.0 Å². The van der Waals surface area contributed by atoms with E-state index in [1.807, 2.05) is 24.3 Å². The fraction of sp³-hybridized carbons (Fsp3) is 0.323. The molecule has 0 radical (unpaired) electrons. The Labute approximate surface area is 233 Å². The summed E-state index contributed by atoms with van der Waals surface area (Å²) in [5.41, 5.74) is 5.36. The Bertz CT molecular complexity index is 1370. The summed E-state index contributed by atoms with van der Waals surface area (Å²) in [4.78, 5) is 42.2. The maximum Gasteiger partial charge on any atom is 0.255 e. The number of amides is 3. The summed E-state index contributed by atoms with van der Waals surface area (Å²) >= 11 is 1.62. The van der Waals surface area contributed by atoms with E-state index >= 15 is 0 Å². The Balaban J connectivity index is 1.01. The number of benzene rings is 3. The van der Waals surface area contributed by atoms with E-state index < -0.39 is 6.04 Å². The van der Waals surface area contributed by atoms with Crippen LogP contribution in [0.2, 0.25) is 0 Å². The van der Waals surface area contributed by atoms with Crippen molar-refractivity contribution in [3.8, 4) is 0 Å². The van der Waals surface area contributed by atoms with Gasteiger partial charge in [0.15, 0.2) is 0 Å². The molecule has 1 unspecified atom stereocenters. The Morgan fingerprint density at radius 1 is 0.897 bits per heavy atom. The van der Waals surface area contributed by atoms with Crippen molar-refractivity contribution in [2.45, 2.75) is 55.6 Å². The zero-order valence-corrected chi connectivity index (χ0v) is 22.6. The molecule has 3 aliphatic rings. The molecule has 2 saturated heterocycles. The molecule has 200 valence electrons. The average Bonchev–Trinajstić information content (AvgIpc) is 3.29. The van der Waals surface area contributed by atoms with Crippen LogP contribution in [0.5, 0.6) is 0 Å². The molecular formula is C31H32N4O3S. The number of fused-ring (bicyclic) bond motifs is 1. The number of carbonyl (C=O) groups is 3. The number of carbonyl (C=O) groups excluding carboxylic acids is 3. The number of hydrogen-bond donors (Lipinski definition) is 2. The van der Waals surface area contributed by atoms with E-state index in [1.54, 1.807) is 16.8 Å². The van der Waals surface area contributed by atoms with E-state index in [9.17, 15) is 14.4 Å². The predicted octanol–water partition coefficient (Wildman–Crippen LogP) is 4.95. The second kappa shape index (κ2) is 11.2. The number of likely N-dealkylation sites (tertiary alicyclic amines) is 1. The third-order valence-electron chi connectivity index (χ3n) is 8.00. The molecule has 8 heteroatoms. The van der Waals surface area contributed by atoms with E-state index in [4.69, 9.17) is 0 Å². The molecule has 6 rings (SSSR count). The summed E-state index contributed by atoms with van der Waals surface area (Å²) in [6.45, 7) is 3.45. The number of nitrogens with one attached hydrogen (secondary N) is 2. The van der Waals surface area contributed by atoms with E-state index in [0.29, 0.717) is 24.4 Å². The topological polar surface area (TPSA) is 81.8 Å². The van der Waals surface area contributed by atoms with Gasteiger partial charge in [-0.2, -0.15) is 0 Å². The number of para-hydroxylation sites is 1. The van der Waals surface area contributed by atoms with Crippen LogP contribution in [0.15, 0.2) is 77.7 Å². The number of piperidine rings is 2. The van der Waals surface area contributed by atoms with Crippen LogP contribution in [0.25, 0.3) is 0 Å². The molecule has 1 atom stereocenters. The van der Waals surface area contributed by atoms with Gasteiger partial charge >= 0.3 is 0 Å². The van der Waals surface area contributed by atoms with Gasteiger partial charge in [-0.15, -0.1) is 0 Å². The minimum Gasteiger partial charge on any atom is -0.326 e. The van der Waals surface area contributed by atoms with Crippen molar-refractivity contribution in [3.05, 3.63) is 95.1 Å². The fourth-order valence-electron chi connectivity index (χ4n) is 5.82. The third kappa shape index (κ3) is 5.72. The molecule has 2 N–H and O–H groups in total. The average molecular weight is 541 g/mol. The number of imide groups is 1. The highest BCUT2D eigenvalue weighted by atomic mass is 32.2. The van der Waals surface area contributed by atoms with Gasteiger partial charge in [-0.1, -0.05) is 42.5 Å². The normalized spacial score (nSPS) is 20.2. The molecule has 0 aromatic heterocycles. The molecule has 3 amide bonds. The Morgan fingerprint density at radius 3 is 2.41 bits per heavy atom. The first kappa shape index (κ1) is 25.6. The first-order valence-electron chi connectivity index (χ1n) is 13.6. The van der Waals surface area contributed by atoms with Crippen LogP contribution in [0.3, 0.4) is 0 Å². The highest BCUT2D eigenvalue weighted by Gasteiger charge is 2.39. The predicted molar refractivity (Wildman–Crippen MR) is 152 cm³/mol. The van der Waals surface area contributed by atoms with Gasteiger partial charge in [-0.25, -0.2) is 0 Å². The lowest BCUT2D eigenvalue weighted by atomic mass is 9.87. The number of nitrogens with zero attached hydrogens (tertiary/aromatic N) is 2.